The number of piperazine rings is 1. The summed E-state index contributed by atoms with van der Waals surface area (Å²) >= 11 is 0. The zero-order chi connectivity index (χ0) is 18.0. The third kappa shape index (κ3) is 4.05. The zero-order valence-electron chi connectivity index (χ0n) is 13.0. The second-order valence-electron chi connectivity index (χ2n) is 5.34. The lowest BCUT2D eigenvalue weighted by molar-refractivity contribution is -0.137. The van der Waals surface area contributed by atoms with Crippen LogP contribution in [0.2, 0.25) is 0 Å². The van der Waals surface area contributed by atoms with Gasteiger partial charge in [0.1, 0.15) is 0 Å². The summed E-state index contributed by atoms with van der Waals surface area (Å²) in [5.41, 5.74) is -1.01. The molecule has 1 saturated heterocycles. The maximum absolute atomic E-state index is 12.8. The highest BCUT2D eigenvalue weighted by Gasteiger charge is 2.34. The number of halogens is 3. The second kappa shape index (κ2) is 7.08. The van der Waals surface area contributed by atoms with Crippen LogP contribution in [0.4, 0.5) is 13.2 Å². The smallest absolute Gasteiger partial charge is 0.339 e. The van der Waals surface area contributed by atoms with Gasteiger partial charge >= 0.3 is 6.18 Å². The van der Waals surface area contributed by atoms with Gasteiger partial charge in [-0.3, -0.25) is 4.79 Å². The summed E-state index contributed by atoms with van der Waals surface area (Å²) in [5.74, 6) is -0.145. The average molecular weight is 365 g/mol. The summed E-state index contributed by atoms with van der Waals surface area (Å²) in [6.07, 6.45) is -4.61. The molecule has 1 N–H and O–H groups in total. The van der Waals surface area contributed by atoms with Gasteiger partial charge in [0.05, 0.1) is 17.0 Å². The van der Waals surface area contributed by atoms with Gasteiger partial charge in [0, 0.05) is 26.2 Å². The van der Waals surface area contributed by atoms with Crippen molar-refractivity contribution in [2.75, 3.05) is 39.8 Å². The number of benzene rings is 1. The first-order valence-electron chi connectivity index (χ1n) is 7.26. The van der Waals surface area contributed by atoms with Crippen LogP contribution in [0.5, 0.6) is 0 Å². The maximum Gasteiger partial charge on any atom is 0.416 e. The van der Waals surface area contributed by atoms with Crippen molar-refractivity contribution < 1.29 is 26.4 Å². The Morgan fingerprint density at radius 1 is 1.21 bits per heavy atom. The normalized spacial score (nSPS) is 17.1. The van der Waals surface area contributed by atoms with E-state index >= 15 is 0 Å². The number of carbonyl (C=O) groups is 1. The monoisotopic (exact) mass is 365 g/mol. The first-order chi connectivity index (χ1) is 11.2. The van der Waals surface area contributed by atoms with E-state index in [9.17, 15) is 26.4 Å². The average Bonchev–Trinajstić information content (AvgIpc) is 2.54. The molecule has 0 aliphatic carbocycles. The molecule has 1 aromatic carbocycles. The predicted octanol–water partition coefficient (Wildman–Crippen LogP) is 0.758. The van der Waals surface area contributed by atoms with Gasteiger partial charge in [0.25, 0.3) is 0 Å². The molecular formula is C14H18F3N3O3S. The van der Waals surface area contributed by atoms with Crippen molar-refractivity contribution in [3.63, 3.8) is 0 Å². The molecule has 0 unspecified atom stereocenters. The molecule has 1 aromatic rings. The number of nitrogens with one attached hydrogen (secondary N) is 1. The SMILES string of the molecule is CNCC(=O)N1CCN(S(=O)(=O)c2cccc(C(F)(F)F)c2)CC1. The summed E-state index contributed by atoms with van der Waals surface area (Å²) in [5, 5.41) is 2.72. The Morgan fingerprint density at radius 3 is 2.38 bits per heavy atom. The molecule has 10 heteroatoms. The number of rotatable bonds is 4. The molecular weight excluding hydrogens is 347 g/mol. The predicted molar refractivity (Wildman–Crippen MR) is 80.7 cm³/mol. The van der Waals surface area contributed by atoms with Gasteiger partial charge in [-0.05, 0) is 25.2 Å². The van der Waals surface area contributed by atoms with E-state index < -0.39 is 26.7 Å². The molecule has 0 aromatic heterocycles. The van der Waals surface area contributed by atoms with E-state index in [4.69, 9.17) is 0 Å². The third-order valence-electron chi connectivity index (χ3n) is 3.72. The minimum absolute atomic E-state index is 0.0496. The molecule has 0 saturated carbocycles. The Morgan fingerprint density at radius 2 is 1.83 bits per heavy atom. The number of hydrogen-bond acceptors (Lipinski definition) is 4. The molecule has 24 heavy (non-hydrogen) atoms. The van der Waals surface area contributed by atoms with Crippen LogP contribution in [0.3, 0.4) is 0 Å². The molecule has 0 atom stereocenters. The fraction of sp³-hybridized carbons (Fsp3) is 0.500. The molecule has 1 heterocycles. The van der Waals surface area contributed by atoms with E-state index in [1.54, 1.807) is 7.05 Å². The molecule has 1 aliphatic rings. The number of nitrogens with zero attached hydrogens (tertiary/aromatic N) is 2. The van der Waals surface area contributed by atoms with Crippen LogP contribution >= 0.6 is 0 Å². The summed E-state index contributed by atoms with van der Waals surface area (Å²) in [7, 11) is -2.40. The third-order valence-corrected chi connectivity index (χ3v) is 5.61. The zero-order valence-corrected chi connectivity index (χ0v) is 13.8. The number of alkyl halides is 3. The Hall–Kier alpha value is -1.65. The minimum atomic E-state index is -4.61. The number of hydrogen-bond donors (Lipinski definition) is 1. The molecule has 1 fully saturated rings. The standard InChI is InChI=1S/C14H18F3N3O3S/c1-18-10-13(21)19-5-7-20(8-6-19)24(22,23)12-4-2-3-11(9-12)14(15,16)17/h2-4,9,18H,5-8,10H2,1H3. The topological polar surface area (TPSA) is 69.7 Å². The first-order valence-corrected chi connectivity index (χ1v) is 8.70. The molecule has 2 rings (SSSR count). The van der Waals surface area contributed by atoms with Crippen molar-refractivity contribution in [2.24, 2.45) is 0 Å². The lowest BCUT2D eigenvalue weighted by Gasteiger charge is -2.34. The second-order valence-corrected chi connectivity index (χ2v) is 7.28. The highest BCUT2D eigenvalue weighted by Crippen LogP contribution is 2.31. The van der Waals surface area contributed by atoms with Crippen LogP contribution < -0.4 is 5.32 Å². The fourth-order valence-electron chi connectivity index (χ4n) is 2.42. The van der Waals surface area contributed by atoms with Gasteiger partial charge < -0.3 is 10.2 Å². The van der Waals surface area contributed by atoms with Gasteiger partial charge in [-0.1, -0.05) is 6.07 Å². The van der Waals surface area contributed by atoms with Crippen LogP contribution in [0, 0.1) is 0 Å². The lowest BCUT2D eigenvalue weighted by atomic mass is 10.2. The summed E-state index contributed by atoms with van der Waals surface area (Å²) < 4.78 is 64.4. The van der Waals surface area contributed by atoms with Gasteiger partial charge in [-0.25, -0.2) is 8.42 Å². The van der Waals surface area contributed by atoms with Crippen molar-refractivity contribution in [1.82, 2.24) is 14.5 Å². The van der Waals surface area contributed by atoms with E-state index in [1.165, 1.54) is 4.90 Å². The molecule has 1 amide bonds. The summed E-state index contributed by atoms with van der Waals surface area (Å²) in [6, 6.07) is 3.67. The number of carbonyl (C=O) groups excluding carboxylic acids is 1. The fourth-order valence-corrected chi connectivity index (χ4v) is 3.89. The highest BCUT2D eigenvalue weighted by atomic mass is 32.2. The Labute approximate surface area is 138 Å². The van der Waals surface area contributed by atoms with Crippen LogP contribution in [0.15, 0.2) is 29.2 Å². The molecule has 0 spiro atoms. The van der Waals surface area contributed by atoms with Gasteiger partial charge in [0.15, 0.2) is 0 Å². The van der Waals surface area contributed by atoms with Crippen LogP contribution in [0.1, 0.15) is 5.56 Å². The van der Waals surface area contributed by atoms with E-state index in [0.717, 1.165) is 22.5 Å². The Kier molecular flexibility index (Phi) is 5.51. The molecule has 134 valence electrons. The largest absolute Gasteiger partial charge is 0.416 e. The first kappa shape index (κ1) is 18.7. The highest BCUT2D eigenvalue weighted by molar-refractivity contribution is 7.89. The maximum atomic E-state index is 12.8. The van der Waals surface area contributed by atoms with E-state index in [1.807, 2.05) is 0 Å². The van der Waals surface area contributed by atoms with E-state index in [0.29, 0.717) is 6.07 Å². The molecule has 6 nitrogen and oxygen atoms in total. The van der Waals surface area contributed by atoms with Gasteiger partial charge in [-0.15, -0.1) is 0 Å². The Balaban J connectivity index is 2.14. The van der Waals surface area contributed by atoms with Crippen molar-refractivity contribution in [3.05, 3.63) is 29.8 Å². The number of amides is 1. The van der Waals surface area contributed by atoms with Crippen molar-refractivity contribution in [3.8, 4) is 0 Å². The molecule has 1 aliphatic heterocycles. The van der Waals surface area contributed by atoms with E-state index in [2.05, 4.69) is 5.32 Å². The molecule has 0 bridgehead atoms. The van der Waals surface area contributed by atoms with E-state index in [-0.39, 0.29) is 38.6 Å². The van der Waals surface area contributed by atoms with Crippen LogP contribution in [0.25, 0.3) is 0 Å². The van der Waals surface area contributed by atoms with Crippen molar-refractivity contribution in [2.45, 2.75) is 11.1 Å². The van der Waals surface area contributed by atoms with Crippen molar-refractivity contribution in [1.29, 1.82) is 0 Å². The van der Waals surface area contributed by atoms with Crippen LogP contribution in [-0.2, 0) is 21.0 Å². The van der Waals surface area contributed by atoms with Crippen molar-refractivity contribution >= 4 is 15.9 Å². The minimum Gasteiger partial charge on any atom is -0.339 e. The number of sulfonamides is 1. The quantitative estimate of drug-likeness (QED) is 0.855. The number of likely N-dealkylation sites (N-methyl/N-ethyl adjacent to an activating group) is 1. The van der Waals surface area contributed by atoms with Crippen LogP contribution in [-0.4, -0.2) is 63.3 Å². The summed E-state index contributed by atoms with van der Waals surface area (Å²) in [6.45, 7) is 0.667. The summed E-state index contributed by atoms with van der Waals surface area (Å²) in [4.78, 5) is 12.9. The lowest BCUT2D eigenvalue weighted by Crippen LogP contribution is -2.52. The molecule has 0 radical (unpaired) electrons. The Bertz CT molecular complexity index is 699. The van der Waals surface area contributed by atoms with Gasteiger partial charge in [-0.2, -0.15) is 17.5 Å². The van der Waals surface area contributed by atoms with Gasteiger partial charge in [0.2, 0.25) is 15.9 Å².